The second-order valence-electron chi connectivity index (χ2n) is 19.3. The Morgan fingerprint density at radius 2 is 0.658 bits per heavy atom. The minimum Gasteiger partial charge on any atom is -0.310 e. The van der Waals surface area contributed by atoms with E-state index in [4.69, 9.17) is 0 Å². The molecule has 0 aliphatic heterocycles. The normalized spacial score (nSPS) is 11.5. The van der Waals surface area contributed by atoms with Gasteiger partial charge in [0.1, 0.15) is 0 Å². The fraction of sp³-hybridized carbons (Fsp3) is 0. The molecule has 0 amide bonds. The molecular formula is C72H49N3S. The van der Waals surface area contributed by atoms with Crippen molar-refractivity contribution in [2.75, 3.05) is 4.90 Å². The predicted molar refractivity (Wildman–Crippen MR) is 322 cm³/mol. The Kier molecular flexibility index (Phi) is 11.5. The van der Waals surface area contributed by atoms with Crippen molar-refractivity contribution in [3.63, 3.8) is 0 Å². The molecule has 358 valence electrons. The zero-order valence-electron chi connectivity index (χ0n) is 41.5. The molecule has 3 nitrogen and oxygen atoms in total. The number of rotatable bonds is 11. The molecule has 2 heterocycles. The van der Waals surface area contributed by atoms with E-state index in [1.54, 1.807) is 11.8 Å². The molecule has 0 bridgehead atoms. The van der Waals surface area contributed by atoms with Crippen LogP contribution in [0.2, 0.25) is 0 Å². The molecule has 76 heavy (non-hydrogen) atoms. The van der Waals surface area contributed by atoms with E-state index < -0.39 is 0 Å². The van der Waals surface area contributed by atoms with Gasteiger partial charge >= 0.3 is 0 Å². The van der Waals surface area contributed by atoms with E-state index in [2.05, 4.69) is 311 Å². The summed E-state index contributed by atoms with van der Waals surface area (Å²) in [7, 11) is 0. The number of aromatic nitrogens is 2. The molecule has 2 aromatic heterocycles. The Balaban J connectivity index is 1.01. The standard InChI is InChI=1S/C72H49N3S/c1-5-23-50(24-6-1)54-45-56(47-58(46-54)76-57-42-44-61(53-29-11-4-12-30-53)72(49-57)75-69-39-21-16-34-64(69)65-35-17-22-40-70(65)75)73(66-36-18-13-31-59(66)51-25-7-2-8-26-51)55-41-43-60(52-27-9-3-10-28-52)71(48-55)74-67-37-19-14-32-62(67)63-33-15-20-38-68(63)74/h1-49H. The van der Waals surface area contributed by atoms with Crippen LogP contribution in [0.3, 0.4) is 0 Å². The van der Waals surface area contributed by atoms with Crippen LogP contribution < -0.4 is 4.90 Å². The van der Waals surface area contributed by atoms with E-state index in [9.17, 15) is 0 Å². The lowest BCUT2D eigenvalue weighted by molar-refractivity contribution is 1.16. The van der Waals surface area contributed by atoms with Crippen LogP contribution in [0.1, 0.15) is 0 Å². The van der Waals surface area contributed by atoms with Gasteiger partial charge < -0.3 is 14.0 Å². The summed E-state index contributed by atoms with van der Waals surface area (Å²) in [6.45, 7) is 0. The van der Waals surface area contributed by atoms with Gasteiger partial charge in [-0.15, -0.1) is 0 Å². The van der Waals surface area contributed by atoms with E-state index in [0.717, 1.165) is 82.6 Å². The van der Waals surface area contributed by atoms with E-state index in [1.807, 2.05) is 0 Å². The van der Waals surface area contributed by atoms with Crippen molar-refractivity contribution in [3.05, 3.63) is 297 Å². The first-order valence-electron chi connectivity index (χ1n) is 25.9. The zero-order valence-corrected chi connectivity index (χ0v) is 42.4. The first-order valence-corrected chi connectivity index (χ1v) is 26.7. The Labute approximate surface area is 446 Å². The number of nitrogens with zero attached hydrogens (tertiary/aromatic N) is 3. The van der Waals surface area contributed by atoms with Crippen molar-refractivity contribution in [2.45, 2.75) is 9.79 Å². The second kappa shape index (κ2) is 19.3. The maximum atomic E-state index is 2.48. The van der Waals surface area contributed by atoms with Gasteiger partial charge in [-0.25, -0.2) is 0 Å². The predicted octanol–water partition coefficient (Wildman–Crippen LogP) is 20.2. The minimum absolute atomic E-state index is 1.04. The third-order valence-corrected chi connectivity index (χ3v) is 15.7. The van der Waals surface area contributed by atoms with Gasteiger partial charge in [0, 0.05) is 59.4 Å². The highest BCUT2D eigenvalue weighted by atomic mass is 32.2. The summed E-state index contributed by atoms with van der Waals surface area (Å²) in [6.07, 6.45) is 0. The number of fused-ring (bicyclic) bond motifs is 6. The summed E-state index contributed by atoms with van der Waals surface area (Å²) < 4.78 is 4.92. The smallest absolute Gasteiger partial charge is 0.0561 e. The Morgan fingerprint density at radius 1 is 0.250 bits per heavy atom. The number of anilines is 3. The Hall–Kier alpha value is -9.61. The quantitative estimate of drug-likeness (QED) is 0.128. The molecule has 0 spiro atoms. The molecule has 0 N–H and O–H groups in total. The molecule has 0 aliphatic rings. The van der Waals surface area contributed by atoms with E-state index in [-0.39, 0.29) is 0 Å². The summed E-state index contributed by atoms with van der Waals surface area (Å²) in [5.41, 5.74) is 19.4. The van der Waals surface area contributed by atoms with Gasteiger partial charge in [-0.05, 0) is 101 Å². The summed E-state index contributed by atoms with van der Waals surface area (Å²) in [5, 5.41) is 4.93. The molecule has 0 atom stereocenters. The van der Waals surface area contributed by atoms with Gasteiger partial charge in [0.15, 0.2) is 0 Å². The Bertz CT molecular complexity index is 4320. The fourth-order valence-corrected chi connectivity index (χ4v) is 12.3. The van der Waals surface area contributed by atoms with Crippen LogP contribution in [0.15, 0.2) is 307 Å². The third-order valence-electron chi connectivity index (χ3n) is 14.7. The van der Waals surface area contributed by atoms with Gasteiger partial charge in [0.05, 0.1) is 39.1 Å². The largest absolute Gasteiger partial charge is 0.310 e. The molecule has 14 aromatic rings. The van der Waals surface area contributed by atoms with Gasteiger partial charge in [-0.2, -0.15) is 0 Å². The lowest BCUT2D eigenvalue weighted by atomic mass is 9.99. The molecule has 14 rings (SSSR count). The van der Waals surface area contributed by atoms with Gasteiger partial charge in [0.25, 0.3) is 0 Å². The SMILES string of the molecule is c1ccc(-c2cc(Sc3ccc(-c4ccccc4)c(-n4c5ccccc5c5ccccc54)c3)cc(N(c3ccc(-c4ccccc4)c(-n4c5ccccc5c5ccccc54)c3)c3ccccc3-c3ccccc3)c2)cc1. The summed E-state index contributed by atoms with van der Waals surface area (Å²) in [5.74, 6) is 0. The monoisotopic (exact) mass is 987 g/mol. The first-order chi connectivity index (χ1) is 37.7. The van der Waals surface area contributed by atoms with Crippen LogP contribution in [-0.4, -0.2) is 9.13 Å². The zero-order chi connectivity index (χ0) is 50.4. The highest BCUT2D eigenvalue weighted by molar-refractivity contribution is 7.99. The summed E-state index contributed by atoms with van der Waals surface area (Å²) in [4.78, 5) is 4.75. The van der Waals surface area contributed by atoms with Crippen molar-refractivity contribution in [3.8, 4) is 55.9 Å². The second-order valence-corrected chi connectivity index (χ2v) is 20.4. The van der Waals surface area contributed by atoms with E-state index in [0.29, 0.717) is 0 Å². The molecule has 0 fully saturated rings. The molecular weight excluding hydrogens is 939 g/mol. The van der Waals surface area contributed by atoms with Crippen molar-refractivity contribution < 1.29 is 0 Å². The van der Waals surface area contributed by atoms with Crippen LogP contribution in [0, 0.1) is 0 Å². The summed E-state index contributed by atoms with van der Waals surface area (Å²) >= 11 is 1.80. The van der Waals surface area contributed by atoms with E-state index >= 15 is 0 Å². The lowest BCUT2D eigenvalue weighted by Crippen LogP contribution is -2.12. The van der Waals surface area contributed by atoms with Crippen molar-refractivity contribution in [2.24, 2.45) is 0 Å². The van der Waals surface area contributed by atoms with Gasteiger partial charge in [0.2, 0.25) is 0 Å². The summed E-state index contributed by atoms with van der Waals surface area (Å²) in [6, 6.07) is 108. The van der Waals surface area contributed by atoms with Crippen LogP contribution in [0.5, 0.6) is 0 Å². The Morgan fingerprint density at radius 3 is 1.17 bits per heavy atom. The van der Waals surface area contributed by atoms with Crippen LogP contribution >= 0.6 is 11.8 Å². The molecule has 12 aromatic carbocycles. The average Bonchev–Trinajstić information content (AvgIpc) is 4.02. The highest BCUT2D eigenvalue weighted by Gasteiger charge is 2.24. The van der Waals surface area contributed by atoms with Crippen LogP contribution in [-0.2, 0) is 0 Å². The third kappa shape index (κ3) is 8.04. The molecule has 0 saturated carbocycles. The van der Waals surface area contributed by atoms with Crippen molar-refractivity contribution in [1.82, 2.24) is 9.13 Å². The number of hydrogen-bond donors (Lipinski definition) is 0. The van der Waals surface area contributed by atoms with Crippen LogP contribution in [0.4, 0.5) is 17.1 Å². The molecule has 0 radical (unpaired) electrons. The molecule has 0 unspecified atom stereocenters. The molecule has 0 aliphatic carbocycles. The van der Waals surface area contributed by atoms with Crippen LogP contribution in [0.25, 0.3) is 99.5 Å². The molecule has 0 saturated heterocycles. The van der Waals surface area contributed by atoms with Gasteiger partial charge in [-0.3, -0.25) is 0 Å². The van der Waals surface area contributed by atoms with Crippen molar-refractivity contribution >= 4 is 72.4 Å². The topological polar surface area (TPSA) is 13.1 Å². The number of hydrogen-bond acceptors (Lipinski definition) is 2. The lowest BCUT2D eigenvalue weighted by Gasteiger charge is -2.30. The van der Waals surface area contributed by atoms with Gasteiger partial charge in [-0.1, -0.05) is 236 Å². The maximum Gasteiger partial charge on any atom is 0.0561 e. The van der Waals surface area contributed by atoms with E-state index in [1.165, 1.54) is 43.7 Å². The fourth-order valence-electron chi connectivity index (χ4n) is 11.4. The first kappa shape index (κ1) is 45.0. The number of benzene rings is 12. The maximum absolute atomic E-state index is 2.48. The highest BCUT2D eigenvalue weighted by Crippen LogP contribution is 2.47. The van der Waals surface area contributed by atoms with Crippen molar-refractivity contribution in [1.29, 1.82) is 0 Å². The average molecular weight is 988 g/mol. The minimum atomic E-state index is 1.04. The molecule has 4 heteroatoms. The number of para-hydroxylation sites is 5.